The fourth-order valence-electron chi connectivity index (χ4n) is 11.5. The molecule has 0 atom stereocenters. The first kappa shape index (κ1) is 54.2. The Morgan fingerprint density at radius 1 is 0.274 bits per heavy atom. The van der Waals surface area contributed by atoms with Crippen LogP contribution in [0, 0.1) is 0 Å². The summed E-state index contributed by atoms with van der Waals surface area (Å²) in [7, 11) is 0. The first-order valence-electron chi connectivity index (χ1n) is 27.6. The van der Waals surface area contributed by atoms with Crippen molar-refractivity contribution in [2.45, 2.75) is 23.0 Å². The molecule has 0 fully saturated rings. The van der Waals surface area contributed by atoms with Crippen LogP contribution in [0.15, 0.2) is 194 Å². The van der Waals surface area contributed by atoms with Crippen LogP contribution in [0.3, 0.4) is 0 Å². The lowest BCUT2D eigenvalue weighted by Crippen LogP contribution is -1.96. The van der Waals surface area contributed by atoms with Crippen molar-refractivity contribution in [3.63, 3.8) is 0 Å². The SMILES string of the molecule is Nc1ccc(-c2cccc(CS)c2)cc1-c1c2nc(c(-c3cc(-c4cccc(CS)c4)ccc3N)c3ccc([nH]3)c(-c3cc(-c4cccc(CS)c4)ccc3N)c3nc(c(-c4cc(-c5cccc(CS)c5)ccc4N)c4ccc1[nH]4)C=C3)C=C2. The van der Waals surface area contributed by atoms with E-state index < -0.39 is 0 Å². The minimum Gasteiger partial charge on any atom is -0.398 e. The second-order valence-electron chi connectivity index (χ2n) is 21.1. The van der Waals surface area contributed by atoms with Crippen molar-refractivity contribution >= 4 is 120 Å². The standard InChI is InChI=1S/C72H58N8S4/c73-57-17-13-49(45-9-1-5-41(29-45)37-81)33-53(57)69-61-21-23-63(77-61)70(54-34-50(14-18-58(54)74)46-10-2-6-42(30-46)38-82)65-25-27-67(79-65)72(56-36-52(16-20-60(56)76)48-12-4-8-44(32-48)40-84)68-28-26-66(80-68)71(64-24-22-62(69)78-64)55-35-51(15-19-59(55)75)47-11-3-7-43(31-47)39-83/h1-36,77,80-84H,37-40,73-76H2. The molecule has 0 saturated heterocycles. The first-order chi connectivity index (χ1) is 41.0. The third-order valence-corrected chi connectivity index (χ3v) is 17.3. The van der Waals surface area contributed by atoms with Crippen molar-refractivity contribution in [2.24, 2.45) is 0 Å². The monoisotopic (exact) mass is 1160 g/mol. The number of aromatic nitrogens is 4. The van der Waals surface area contributed by atoms with Gasteiger partial charge >= 0.3 is 0 Å². The van der Waals surface area contributed by atoms with Crippen LogP contribution >= 0.6 is 50.5 Å². The minimum atomic E-state index is 0.584. The number of rotatable bonds is 12. The number of nitrogens with two attached hydrogens (primary N) is 4. The van der Waals surface area contributed by atoms with Crippen molar-refractivity contribution in [1.82, 2.24) is 19.9 Å². The lowest BCUT2D eigenvalue weighted by atomic mass is 9.95. The van der Waals surface area contributed by atoms with Gasteiger partial charge in [0.2, 0.25) is 0 Å². The third kappa shape index (κ3) is 10.4. The quantitative estimate of drug-likeness (QED) is 0.0433. The van der Waals surface area contributed by atoms with Crippen LogP contribution in [-0.4, -0.2) is 19.9 Å². The molecule has 2 aliphatic rings. The number of hydrogen-bond donors (Lipinski definition) is 10. The Hall–Kier alpha value is -9.04. The number of hydrogen-bond acceptors (Lipinski definition) is 10. The average Bonchev–Trinajstić information content (AvgIpc) is 2.42. The molecule has 2 aliphatic heterocycles. The molecule has 0 amide bonds. The molecule has 8 bridgehead atoms. The molecular weight excluding hydrogens is 1110 g/mol. The summed E-state index contributed by atoms with van der Waals surface area (Å²) in [5, 5.41) is 0. The molecule has 0 radical (unpaired) electrons. The smallest absolute Gasteiger partial charge is 0.0738 e. The highest BCUT2D eigenvalue weighted by Crippen LogP contribution is 2.45. The predicted molar refractivity (Wildman–Crippen MR) is 371 cm³/mol. The van der Waals surface area contributed by atoms with Crippen LogP contribution in [-0.2, 0) is 23.0 Å². The predicted octanol–water partition coefficient (Wildman–Crippen LogP) is 18.0. The van der Waals surface area contributed by atoms with Gasteiger partial charge in [-0.25, -0.2) is 9.97 Å². The molecule has 0 aliphatic carbocycles. The Labute approximate surface area is 510 Å². The molecule has 8 aromatic carbocycles. The van der Waals surface area contributed by atoms with E-state index in [2.05, 4.69) is 255 Å². The van der Waals surface area contributed by atoms with E-state index in [4.69, 9.17) is 32.9 Å². The van der Waals surface area contributed by atoms with Crippen LogP contribution in [0.2, 0.25) is 0 Å². The maximum atomic E-state index is 7.19. The normalized spacial score (nSPS) is 11.9. The van der Waals surface area contributed by atoms with Gasteiger partial charge in [-0.3, -0.25) is 0 Å². The van der Waals surface area contributed by atoms with Crippen molar-refractivity contribution in [1.29, 1.82) is 0 Å². The van der Waals surface area contributed by atoms with Crippen LogP contribution in [0.5, 0.6) is 0 Å². The second-order valence-corrected chi connectivity index (χ2v) is 22.4. The zero-order valence-electron chi connectivity index (χ0n) is 45.6. The fourth-order valence-corrected chi connectivity index (χ4v) is 12.3. The fraction of sp³-hybridized carbons (Fsp3) is 0.0556. The van der Waals surface area contributed by atoms with Crippen LogP contribution in [0.25, 0.3) is 135 Å². The topological polar surface area (TPSA) is 161 Å². The number of nitrogens with zero attached hydrogens (tertiary/aromatic N) is 2. The molecule has 10 N–H and O–H groups in total. The van der Waals surface area contributed by atoms with Crippen molar-refractivity contribution in [3.8, 4) is 89.0 Å². The van der Waals surface area contributed by atoms with E-state index in [1.165, 1.54) is 0 Å². The molecule has 0 saturated carbocycles. The molecule has 84 heavy (non-hydrogen) atoms. The Balaban J connectivity index is 1.17. The highest BCUT2D eigenvalue weighted by atomic mass is 32.1. The average molecular weight is 1160 g/mol. The van der Waals surface area contributed by atoms with Gasteiger partial charge in [0.05, 0.1) is 22.8 Å². The Morgan fingerprint density at radius 3 is 0.726 bits per heavy atom. The van der Waals surface area contributed by atoms with Gasteiger partial charge < -0.3 is 32.9 Å². The Morgan fingerprint density at radius 2 is 0.500 bits per heavy atom. The number of anilines is 4. The summed E-state index contributed by atoms with van der Waals surface area (Å²) in [6.07, 6.45) is 8.27. The molecule has 5 heterocycles. The van der Waals surface area contributed by atoms with Gasteiger partial charge in [-0.15, -0.1) is 0 Å². The molecule has 0 unspecified atom stereocenters. The van der Waals surface area contributed by atoms with Gasteiger partial charge in [-0.1, -0.05) is 121 Å². The molecule has 11 aromatic rings. The third-order valence-electron chi connectivity index (χ3n) is 15.8. The summed E-state index contributed by atoms with van der Waals surface area (Å²) in [5.74, 6) is 2.43. The Kier molecular flexibility index (Phi) is 14.8. The Bertz CT molecular complexity index is 4110. The van der Waals surface area contributed by atoms with E-state index in [9.17, 15) is 0 Å². The molecule has 12 heteroatoms. The number of H-pyrrole nitrogens is 2. The van der Waals surface area contributed by atoms with E-state index in [-0.39, 0.29) is 0 Å². The number of fused-ring (bicyclic) bond motifs is 8. The summed E-state index contributed by atoms with van der Waals surface area (Å²) >= 11 is 18.5. The summed E-state index contributed by atoms with van der Waals surface area (Å²) < 4.78 is 0. The van der Waals surface area contributed by atoms with Crippen LogP contribution < -0.4 is 22.9 Å². The lowest BCUT2D eigenvalue weighted by Gasteiger charge is -2.13. The maximum absolute atomic E-state index is 7.19. The highest BCUT2D eigenvalue weighted by Gasteiger charge is 2.23. The minimum absolute atomic E-state index is 0.584. The van der Waals surface area contributed by atoms with Gasteiger partial charge in [0.1, 0.15) is 0 Å². The summed E-state index contributed by atoms with van der Waals surface area (Å²) in [6.45, 7) is 0. The number of aromatic amines is 2. The van der Waals surface area contributed by atoms with E-state index >= 15 is 0 Å². The first-order valence-corrected chi connectivity index (χ1v) is 30.1. The number of nitrogens with one attached hydrogen (secondary N) is 2. The largest absolute Gasteiger partial charge is 0.398 e. The molecule has 8 nitrogen and oxygen atoms in total. The van der Waals surface area contributed by atoms with Gasteiger partial charge in [-0.05, 0) is 164 Å². The number of thiol groups is 4. The van der Waals surface area contributed by atoms with Crippen molar-refractivity contribution in [3.05, 3.63) is 239 Å². The second kappa shape index (κ2) is 23.0. The van der Waals surface area contributed by atoms with Gasteiger partial charge in [0.15, 0.2) is 0 Å². The maximum Gasteiger partial charge on any atom is 0.0738 e. The molecule has 3 aromatic heterocycles. The highest BCUT2D eigenvalue weighted by molar-refractivity contribution is 7.79. The molecular formula is C72H58N8S4. The molecule has 0 spiro atoms. The van der Waals surface area contributed by atoms with E-state index in [0.717, 1.165) is 133 Å². The number of benzene rings is 8. The van der Waals surface area contributed by atoms with Gasteiger partial charge in [0, 0.05) is 112 Å². The van der Waals surface area contributed by atoms with Gasteiger partial charge in [-0.2, -0.15) is 50.5 Å². The van der Waals surface area contributed by atoms with E-state index in [0.29, 0.717) is 68.5 Å². The van der Waals surface area contributed by atoms with Gasteiger partial charge in [0.25, 0.3) is 0 Å². The van der Waals surface area contributed by atoms with E-state index in [1.54, 1.807) is 0 Å². The molecule has 410 valence electrons. The summed E-state index contributed by atoms with van der Waals surface area (Å²) in [6, 6.07) is 66.9. The summed E-state index contributed by atoms with van der Waals surface area (Å²) in [4.78, 5) is 19.1. The van der Waals surface area contributed by atoms with Crippen LogP contribution in [0.1, 0.15) is 45.0 Å². The number of nitrogen functional groups attached to an aromatic ring is 4. The zero-order chi connectivity index (χ0) is 57.6. The van der Waals surface area contributed by atoms with Crippen molar-refractivity contribution < 1.29 is 0 Å². The summed E-state index contributed by atoms with van der Waals surface area (Å²) in [5.41, 5.74) is 56.0. The van der Waals surface area contributed by atoms with Crippen molar-refractivity contribution in [2.75, 3.05) is 22.9 Å². The van der Waals surface area contributed by atoms with Crippen LogP contribution in [0.4, 0.5) is 22.7 Å². The molecule has 13 rings (SSSR count). The van der Waals surface area contributed by atoms with E-state index in [1.807, 2.05) is 24.3 Å². The zero-order valence-corrected chi connectivity index (χ0v) is 49.2. The lowest BCUT2D eigenvalue weighted by molar-refractivity contribution is 1.31.